The lowest BCUT2D eigenvalue weighted by Crippen LogP contribution is -2.41. The number of nitrogens with zero attached hydrogens (tertiary/aromatic N) is 1. The molecule has 18 heavy (non-hydrogen) atoms. The van der Waals surface area contributed by atoms with Crippen LogP contribution in [-0.2, 0) is 0 Å². The average molecular weight is 269 g/mol. The number of hydrogen-bond acceptors (Lipinski definition) is 3. The molecule has 1 aromatic rings. The Morgan fingerprint density at radius 3 is 3.00 bits per heavy atom. The van der Waals surface area contributed by atoms with Gasteiger partial charge >= 0.3 is 0 Å². The zero-order valence-corrected chi connectivity index (χ0v) is 10.9. The maximum absolute atomic E-state index is 12.3. The van der Waals surface area contributed by atoms with Crippen LogP contribution < -0.4 is 5.73 Å². The van der Waals surface area contributed by atoms with Crippen LogP contribution in [0.4, 0.5) is 5.69 Å². The fourth-order valence-electron chi connectivity index (χ4n) is 2.30. The highest BCUT2D eigenvalue weighted by Crippen LogP contribution is 2.23. The molecule has 1 heterocycles. The molecule has 1 aliphatic rings. The number of carbonyl (C=O) groups is 1. The van der Waals surface area contributed by atoms with Crippen molar-refractivity contribution < 1.29 is 9.90 Å². The summed E-state index contributed by atoms with van der Waals surface area (Å²) in [6, 6.07) is 4.91. The Kier molecular flexibility index (Phi) is 4.09. The number of carbonyl (C=O) groups excluding carboxylic acids is 1. The summed E-state index contributed by atoms with van der Waals surface area (Å²) >= 11 is 5.82. The second kappa shape index (κ2) is 5.59. The molecule has 1 fully saturated rings. The van der Waals surface area contributed by atoms with Gasteiger partial charge in [-0.25, -0.2) is 0 Å². The highest BCUT2D eigenvalue weighted by Gasteiger charge is 2.25. The molecule has 0 aliphatic carbocycles. The van der Waals surface area contributed by atoms with Gasteiger partial charge in [0.2, 0.25) is 0 Å². The van der Waals surface area contributed by atoms with Crippen LogP contribution in [0.25, 0.3) is 0 Å². The molecular weight excluding hydrogens is 252 g/mol. The van der Waals surface area contributed by atoms with Crippen molar-refractivity contribution >= 4 is 23.2 Å². The monoisotopic (exact) mass is 268 g/mol. The largest absolute Gasteiger partial charge is 0.398 e. The van der Waals surface area contributed by atoms with E-state index in [4.69, 9.17) is 17.3 Å². The first-order chi connectivity index (χ1) is 8.61. The van der Waals surface area contributed by atoms with Gasteiger partial charge in [-0.3, -0.25) is 4.79 Å². The van der Waals surface area contributed by atoms with Crippen molar-refractivity contribution in [2.24, 2.45) is 5.92 Å². The zero-order valence-electron chi connectivity index (χ0n) is 10.1. The number of likely N-dealkylation sites (tertiary alicyclic amines) is 1. The minimum Gasteiger partial charge on any atom is -0.398 e. The lowest BCUT2D eigenvalue weighted by atomic mass is 9.98. The number of benzene rings is 1. The van der Waals surface area contributed by atoms with Crippen LogP contribution in [0, 0.1) is 5.92 Å². The quantitative estimate of drug-likeness (QED) is 0.804. The average Bonchev–Trinajstić information content (AvgIpc) is 2.38. The number of aliphatic hydroxyl groups excluding tert-OH is 1. The SMILES string of the molecule is Nc1cc(Cl)ccc1C(=O)N1CCCC(CO)C1. The van der Waals surface area contributed by atoms with Gasteiger partial charge in [0.25, 0.3) is 5.91 Å². The van der Waals surface area contributed by atoms with Crippen molar-refractivity contribution in [3.05, 3.63) is 28.8 Å². The Labute approximate surface area is 111 Å². The molecule has 3 N–H and O–H groups in total. The second-order valence-electron chi connectivity index (χ2n) is 4.67. The van der Waals surface area contributed by atoms with E-state index in [-0.39, 0.29) is 18.4 Å². The summed E-state index contributed by atoms with van der Waals surface area (Å²) < 4.78 is 0. The third kappa shape index (κ3) is 2.76. The molecule has 0 saturated carbocycles. The number of aliphatic hydroxyl groups is 1. The fourth-order valence-corrected chi connectivity index (χ4v) is 2.48. The van der Waals surface area contributed by atoms with Gasteiger partial charge in [-0.1, -0.05) is 11.6 Å². The van der Waals surface area contributed by atoms with E-state index in [0.717, 1.165) is 19.4 Å². The number of anilines is 1. The molecule has 1 saturated heterocycles. The van der Waals surface area contributed by atoms with Crippen LogP contribution in [0.15, 0.2) is 18.2 Å². The molecule has 0 bridgehead atoms. The van der Waals surface area contributed by atoms with Gasteiger partial charge in [-0.05, 0) is 37.0 Å². The predicted molar refractivity (Wildman–Crippen MR) is 71.6 cm³/mol. The first-order valence-electron chi connectivity index (χ1n) is 6.07. The summed E-state index contributed by atoms with van der Waals surface area (Å²) in [6.45, 7) is 1.44. The highest BCUT2D eigenvalue weighted by atomic mass is 35.5. The van der Waals surface area contributed by atoms with Crippen LogP contribution in [0.1, 0.15) is 23.2 Å². The standard InChI is InChI=1S/C13H17ClN2O2/c14-10-3-4-11(12(15)6-10)13(18)16-5-1-2-9(7-16)8-17/h3-4,6,9,17H,1-2,5,7-8,15H2. The predicted octanol–water partition coefficient (Wildman–Crippen LogP) is 1.77. The third-order valence-electron chi connectivity index (χ3n) is 3.31. The number of piperidine rings is 1. The van der Waals surface area contributed by atoms with E-state index < -0.39 is 0 Å². The highest BCUT2D eigenvalue weighted by molar-refractivity contribution is 6.31. The molecule has 1 atom stereocenters. The molecule has 0 radical (unpaired) electrons. The summed E-state index contributed by atoms with van der Waals surface area (Å²) in [7, 11) is 0. The molecule has 0 spiro atoms. The van der Waals surface area contributed by atoms with E-state index >= 15 is 0 Å². The number of rotatable bonds is 2. The van der Waals surface area contributed by atoms with Gasteiger partial charge in [0.1, 0.15) is 0 Å². The molecule has 0 aromatic heterocycles. The number of halogens is 1. The Balaban J connectivity index is 2.15. The Morgan fingerprint density at radius 2 is 2.33 bits per heavy atom. The van der Waals surface area contributed by atoms with Gasteiger partial charge in [-0.15, -0.1) is 0 Å². The lowest BCUT2D eigenvalue weighted by molar-refractivity contribution is 0.0622. The summed E-state index contributed by atoms with van der Waals surface area (Å²) in [5, 5.41) is 9.70. The number of amides is 1. The molecule has 2 rings (SSSR count). The van der Waals surface area contributed by atoms with Gasteiger partial charge in [0.15, 0.2) is 0 Å². The van der Waals surface area contributed by atoms with E-state index in [2.05, 4.69) is 0 Å². The summed E-state index contributed by atoms with van der Waals surface area (Å²) in [4.78, 5) is 14.1. The minimum absolute atomic E-state index is 0.0812. The second-order valence-corrected chi connectivity index (χ2v) is 5.11. The summed E-state index contributed by atoms with van der Waals surface area (Å²) in [6.07, 6.45) is 1.89. The van der Waals surface area contributed by atoms with Crippen molar-refractivity contribution in [1.29, 1.82) is 0 Å². The van der Waals surface area contributed by atoms with Crippen LogP contribution in [0.2, 0.25) is 5.02 Å². The maximum Gasteiger partial charge on any atom is 0.255 e. The normalized spacial score (nSPS) is 19.9. The van der Waals surface area contributed by atoms with E-state index in [1.165, 1.54) is 0 Å². The number of nitrogens with two attached hydrogens (primary N) is 1. The van der Waals surface area contributed by atoms with Gasteiger partial charge in [0.05, 0.1) is 5.56 Å². The number of hydrogen-bond donors (Lipinski definition) is 2. The Morgan fingerprint density at radius 1 is 1.56 bits per heavy atom. The van der Waals surface area contributed by atoms with Crippen molar-refractivity contribution in [2.45, 2.75) is 12.8 Å². The zero-order chi connectivity index (χ0) is 13.1. The van der Waals surface area contributed by atoms with Crippen molar-refractivity contribution in [3.8, 4) is 0 Å². The van der Waals surface area contributed by atoms with Crippen molar-refractivity contribution in [1.82, 2.24) is 4.90 Å². The molecule has 1 unspecified atom stereocenters. The Hall–Kier alpha value is -1.26. The Bertz CT molecular complexity index is 451. The topological polar surface area (TPSA) is 66.6 Å². The van der Waals surface area contributed by atoms with Gasteiger partial charge in [-0.2, -0.15) is 0 Å². The van der Waals surface area contributed by atoms with Crippen molar-refractivity contribution in [3.63, 3.8) is 0 Å². The molecule has 98 valence electrons. The first-order valence-corrected chi connectivity index (χ1v) is 6.44. The van der Waals surface area contributed by atoms with E-state index in [1.807, 2.05) is 0 Å². The van der Waals surface area contributed by atoms with Crippen LogP contribution in [0.3, 0.4) is 0 Å². The minimum atomic E-state index is -0.0812. The number of nitrogen functional groups attached to an aromatic ring is 1. The smallest absolute Gasteiger partial charge is 0.255 e. The molecule has 5 heteroatoms. The van der Waals surface area contributed by atoms with Crippen LogP contribution in [0.5, 0.6) is 0 Å². The summed E-state index contributed by atoms with van der Waals surface area (Å²) in [5.74, 6) is 0.0959. The van der Waals surface area contributed by atoms with Crippen LogP contribution in [-0.4, -0.2) is 35.6 Å². The molecule has 1 aromatic carbocycles. The third-order valence-corrected chi connectivity index (χ3v) is 3.54. The maximum atomic E-state index is 12.3. The van der Waals surface area contributed by atoms with Gasteiger partial charge < -0.3 is 15.7 Å². The molecule has 1 amide bonds. The molecule has 1 aliphatic heterocycles. The van der Waals surface area contributed by atoms with Crippen LogP contribution >= 0.6 is 11.6 Å². The van der Waals surface area contributed by atoms with Gasteiger partial charge in [0, 0.05) is 30.4 Å². The van der Waals surface area contributed by atoms with Crippen molar-refractivity contribution in [2.75, 3.05) is 25.4 Å². The molecule has 4 nitrogen and oxygen atoms in total. The molecular formula is C13H17ClN2O2. The first kappa shape index (κ1) is 13.2. The van der Waals surface area contributed by atoms with E-state index in [9.17, 15) is 9.90 Å². The lowest BCUT2D eigenvalue weighted by Gasteiger charge is -2.32. The van der Waals surface area contributed by atoms with E-state index in [0.29, 0.717) is 22.8 Å². The fraction of sp³-hybridized carbons (Fsp3) is 0.462. The summed E-state index contributed by atoms with van der Waals surface area (Å²) in [5.41, 5.74) is 6.70. The van der Waals surface area contributed by atoms with E-state index in [1.54, 1.807) is 23.1 Å².